The van der Waals surface area contributed by atoms with E-state index in [0.717, 1.165) is 35.2 Å². The van der Waals surface area contributed by atoms with Crippen LogP contribution < -0.4 is 10.6 Å². The average Bonchev–Trinajstić information content (AvgIpc) is 3.49. The smallest absolute Gasteiger partial charge is 0.319 e. The number of nitrogens with zero attached hydrogens (tertiary/aromatic N) is 2. The number of carbonyl (C=O) groups excluding carboxylic acids is 1. The number of carbonyl (C=O) groups is 1. The molecule has 1 fully saturated rings. The predicted octanol–water partition coefficient (Wildman–Crippen LogP) is 4.93. The summed E-state index contributed by atoms with van der Waals surface area (Å²) in [5.41, 5.74) is 1.96. The number of aromatic nitrogens is 1. The van der Waals surface area contributed by atoms with Crippen molar-refractivity contribution in [2.24, 2.45) is 0 Å². The summed E-state index contributed by atoms with van der Waals surface area (Å²) in [5, 5.41) is 5.91. The van der Waals surface area contributed by atoms with Gasteiger partial charge < -0.3 is 15.1 Å². The number of amides is 2. The highest BCUT2D eigenvalue weighted by Gasteiger charge is 2.25. The molecule has 7 heteroatoms. The van der Waals surface area contributed by atoms with E-state index in [2.05, 4.69) is 26.6 Å². The van der Waals surface area contributed by atoms with Gasteiger partial charge in [-0.3, -0.25) is 9.88 Å². The molecule has 3 aromatic rings. The molecule has 0 saturated carbocycles. The van der Waals surface area contributed by atoms with E-state index in [4.69, 9.17) is 4.42 Å². The molecule has 0 spiro atoms. The van der Waals surface area contributed by atoms with Gasteiger partial charge in [-0.05, 0) is 74.0 Å². The molecule has 1 aliphatic heterocycles. The molecule has 1 aliphatic rings. The number of nitrogens with one attached hydrogen (secondary N) is 2. The van der Waals surface area contributed by atoms with Gasteiger partial charge in [0.05, 0.1) is 12.3 Å². The third-order valence-corrected chi connectivity index (χ3v) is 6.23. The predicted molar refractivity (Wildman–Crippen MR) is 120 cm³/mol. The number of likely N-dealkylation sites (tertiary alicyclic amines) is 1. The Hall–Kier alpha value is -2.77. The second-order valence-corrected chi connectivity index (χ2v) is 8.33. The highest BCUT2D eigenvalue weighted by Crippen LogP contribution is 2.25. The molecule has 1 aromatic carbocycles. The lowest BCUT2D eigenvalue weighted by molar-refractivity contribution is 0.207. The number of anilines is 1. The quantitative estimate of drug-likeness (QED) is 0.504. The number of hydrogen-bond donors (Lipinski definition) is 2. The molecule has 0 bridgehead atoms. The maximum absolute atomic E-state index is 12.4. The summed E-state index contributed by atoms with van der Waals surface area (Å²) < 4.78 is 5.61. The number of rotatable bonds is 8. The van der Waals surface area contributed by atoms with Gasteiger partial charge in [0.2, 0.25) is 0 Å². The Morgan fingerprint density at radius 2 is 1.97 bits per heavy atom. The van der Waals surface area contributed by atoms with Gasteiger partial charge in [-0.2, -0.15) is 0 Å². The van der Waals surface area contributed by atoms with E-state index in [1.54, 1.807) is 24.2 Å². The molecule has 1 atom stereocenters. The minimum absolute atomic E-state index is 0.0690. The van der Waals surface area contributed by atoms with Crippen molar-refractivity contribution in [1.29, 1.82) is 0 Å². The fourth-order valence-electron chi connectivity index (χ4n) is 3.59. The number of hydrogen-bond acceptors (Lipinski definition) is 5. The van der Waals surface area contributed by atoms with E-state index >= 15 is 0 Å². The van der Waals surface area contributed by atoms with Crippen molar-refractivity contribution >= 4 is 23.5 Å². The van der Waals surface area contributed by atoms with Gasteiger partial charge in [0, 0.05) is 35.3 Å². The molecule has 4 rings (SSSR count). The van der Waals surface area contributed by atoms with E-state index < -0.39 is 0 Å². The van der Waals surface area contributed by atoms with Gasteiger partial charge in [-0.1, -0.05) is 6.07 Å². The Labute approximate surface area is 181 Å². The van der Waals surface area contributed by atoms with Crippen LogP contribution in [0.3, 0.4) is 0 Å². The Morgan fingerprint density at radius 3 is 2.67 bits per heavy atom. The van der Waals surface area contributed by atoms with Crippen LogP contribution in [0.2, 0.25) is 0 Å². The monoisotopic (exact) mass is 422 g/mol. The van der Waals surface area contributed by atoms with Crippen molar-refractivity contribution < 1.29 is 9.21 Å². The van der Waals surface area contributed by atoms with Crippen LogP contribution in [0.15, 0.2) is 76.5 Å². The third-order valence-electron chi connectivity index (χ3n) is 5.15. The minimum atomic E-state index is -0.207. The topological polar surface area (TPSA) is 70.4 Å². The fourth-order valence-corrected chi connectivity index (χ4v) is 4.43. The van der Waals surface area contributed by atoms with Crippen molar-refractivity contribution in [1.82, 2.24) is 15.2 Å². The lowest BCUT2D eigenvalue weighted by atomic mass is 10.2. The van der Waals surface area contributed by atoms with Crippen molar-refractivity contribution in [3.8, 4) is 0 Å². The van der Waals surface area contributed by atoms with Crippen molar-refractivity contribution in [2.45, 2.75) is 29.5 Å². The van der Waals surface area contributed by atoms with Gasteiger partial charge in [0.1, 0.15) is 5.76 Å². The molecular weight excluding hydrogens is 396 g/mol. The first-order valence-electron chi connectivity index (χ1n) is 10.2. The Balaban J connectivity index is 1.27. The largest absolute Gasteiger partial charge is 0.468 e. The third kappa shape index (κ3) is 5.64. The van der Waals surface area contributed by atoms with Crippen LogP contribution in [0, 0.1) is 0 Å². The van der Waals surface area contributed by atoms with Gasteiger partial charge in [0.25, 0.3) is 0 Å². The molecule has 2 amide bonds. The summed E-state index contributed by atoms with van der Waals surface area (Å²) in [5.74, 6) is 1.76. The Kier molecular flexibility index (Phi) is 7.05. The summed E-state index contributed by atoms with van der Waals surface area (Å²) in [7, 11) is 0. The zero-order chi connectivity index (χ0) is 20.6. The molecule has 2 aromatic heterocycles. The lowest BCUT2D eigenvalue weighted by Gasteiger charge is -2.26. The SMILES string of the molecule is O=C(NC[C@@H](c1ccco1)N1CCCC1)Nc1ccc(SCc2cccnc2)cc1. The van der Waals surface area contributed by atoms with Crippen LogP contribution in [-0.2, 0) is 5.75 Å². The van der Waals surface area contributed by atoms with Crippen LogP contribution in [0.4, 0.5) is 10.5 Å². The molecule has 30 heavy (non-hydrogen) atoms. The first-order valence-corrected chi connectivity index (χ1v) is 11.2. The van der Waals surface area contributed by atoms with Crippen LogP contribution in [-0.4, -0.2) is 35.5 Å². The first-order chi connectivity index (χ1) is 14.8. The summed E-state index contributed by atoms with van der Waals surface area (Å²) in [4.78, 5) is 20.1. The molecule has 0 radical (unpaired) electrons. The van der Waals surface area contributed by atoms with E-state index in [1.807, 2.05) is 48.7 Å². The highest BCUT2D eigenvalue weighted by molar-refractivity contribution is 7.98. The normalized spacial score (nSPS) is 15.1. The van der Waals surface area contributed by atoms with Gasteiger partial charge >= 0.3 is 6.03 Å². The van der Waals surface area contributed by atoms with Gasteiger partial charge in [-0.15, -0.1) is 11.8 Å². The molecule has 2 N–H and O–H groups in total. The van der Waals surface area contributed by atoms with E-state index in [1.165, 1.54) is 18.4 Å². The van der Waals surface area contributed by atoms with Crippen LogP contribution >= 0.6 is 11.8 Å². The minimum Gasteiger partial charge on any atom is -0.468 e. The Bertz CT molecular complexity index is 910. The highest BCUT2D eigenvalue weighted by atomic mass is 32.2. The number of pyridine rings is 1. The average molecular weight is 423 g/mol. The van der Waals surface area contributed by atoms with Gasteiger partial charge in [0.15, 0.2) is 0 Å². The van der Waals surface area contributed by atoms with E-state index in [9.17, 15) is 4.79 Å². The van der Waals surface area contributed by atoms with Crippen molar-refractivity contribution in [2.75, 3.05) is 25.0 Å². The molecule has 6 nitrogen and oxygen atoms in total. The number of benzene rings is 1. The van der Waals surface area contributed by atoms with E-state index in [-0.39, 0.29) is 12.1 Å². The zero-order valence-electron chi connectivity index (χ0n) is 16.8. The molecule has 0 unspecified atom stereocenters. The summed E-state index contributed by atoms with van der Waals surface area (Å²) in [6, 6.07) is 15.6. The molecule has 3 heterocycles. The Morgan fingerprint density at radius 1 is 1.13 bits per heavy atom. The second kappa shape index (κ2) is 10.3. The number of furan rings is 1. The van der Waals surface area contributed by atoms with E-state index in [0.29, 0.717) is 6.54 Å². The second-order valence-electron chi connectivity index (χ2n) is 7.28. The standard InChI is InChI=1S/C23H26N4O2S/c28-23(25-16-21(22-6-4-14-29-22)27-12-1-2-13-27)26-19-7-9-20(10-8-19)30-17-18-5-3-11-24-15-18/h3-11,14-15,21H,1-2,12-13,16-17H2,(H2,25,26,28)/t21-/m0/s1. The summed E-state index contributed by atoms with van der Waals surface area (Å²) in [6.45, 7) is 2.58. The summed E-state index contributed by atoms with van der Waals surface area (Å²) >= 11 is 1.74. The number of thioether (sulfide) groups is 1. The zero-order valence-corrected chi connectivity index (χ0v) is 17.6. The fraction of sp³-hybridized carbons (Fsp3) is 0.304. The maximum Gasteiger partial charge on any atom is 0.319 e. The first kappa shape index (κ1) is 20.5. The maximum atomic E-state index is 12.4. The lowest BCUT2D eigenvalue weighted by Crippen LogP contribution is -2.38. The molecule has 0 aliphatic carbocycles. The van der Waals surface area contributed by atoms with Crippen LogP contribution in [0.5, 0.6) is 0 Å². The van der Waals surface area contributed by atoms with Crippen molar-refractivity contribution in [3.63, 3.8) is 0 Å². The summed E-state index contributed by atoms with van der Waals surface area (Å²) in [6.07, 6.45) is 7.72. The number of urea groups is 1. The molecule has 156 valence electrons. The van der Waals surface area contributed by atoms with Crippen LogP contribution in [0.25, 0.3) is 0 Å². The molecule has 1 saturated heterocycles. The van der Waals surface area contributed by atoms with Gasteiger partial charge in [-0.25, -0.2) is 4.79 Å². The molecular formula is C23H26N4O2S. The van der Waals surface area contributed by atoms with Crippen LogP contribution in [0.1, 0.15) is 30.2 Å². The van der Waals surface area contributed by atoms with Crippen molar-refractivity contribution in [3.05, 3.63) is 78.5 Å².